The van der Waals surface area contributed by atoms with E-state index in [1.807, 2.05) is 30.3 Å². The van der Waals surface area contributed by atoms with Gasteiger partial charge in [-0.1, -0.05) is 47.7 Å². The minimum Gasteiger partial charge on any atom is -0.462 e. The van der Waals surface area contributed by atoms with Crippen molar-refractivity contribution in [3.63, 3.8) is 0 Å². The fourth-order valence-electron chi connectivity index (χ4n) is 2.50. The predicted molar refractivity (Wildman–Crippen MR) is 104 cm³/mol. The van der Waals surface area contributed by atoms with Crippen molar-refractivity contribution in [2.45, 2.75) is 20.4 Å². The SMILES string of the molecule is CCOC(=O)c1sc(N(Cc2ccccc2)C(=O)c2ccccn2)nc1C. The molecule has 0 N–H and O–H groups in total. The lowest BCUT2D eigenvalue weighted by molar-refractivity contribution is 0.0531. The highest BCUT2D eigenvalue weighted by molar-refractivity contribution is 7.17. The lowest BCUT2D eigenvalue weighted by Gasteiger charge is -2.19. The molecule has 7 heteroatoms. The van der Waals surface area contributed by atoms with Crippen LogP contribution >= 0.6 is 11.3 Å². The van der Waals surface area contributed by atoms with Crippen molar-refractivity contribution in [3.8, 4) is 0 Å². The Bertz CT molecular complexity index is 926. The number of ether oxygens (including phenoxy) is 1. The number of hydrogen-bond donors (Lipinski definition) is 0. The first-order chi connectivity index (χ1) is 13.1. The first-order valence-electron chi connectivity index (χ1n) is 8.51. The molecule has 3 aromatic rings. The van der Waals surface area contributed by atoms with Crippen molar-refractivity contribution in [1.82, 2.24) is 9.97 Å². The average molecular weight is 381 g/mol. The van der Waals surface area contributed by atoms with Crippen LogP contribution < -0.4 is 4.90 Å². The third-order valence-corrected chi connectivity index (χ3v) is 4.95. The van der Waals surface area contributed by atoms with E-state index in [0.29, 0.717) is 27.9 Å². The summed E-state index contributed by atoms with van der Waals surface area (Å²) in [5.41, 5.74) is 1.81. The van der Waals surface area contributed by atoms with Crippen LogP contribution in [0.4, 0.5) is 5.13 Å². The number of rotatable bonds is 6. The number of thiazole rings is 1. The number of pyridine rings is 1. The Morgan fingerprint density at radius 1 is 1.11 bits per heavy atom. The lowest BCUT2D eigenvalue weighted by Crippen LogP contribution is -2.31. The second-order valence-electron chi connectivity index (χ2n) is 5.72. The number of aryl methyl sites for hydroxylation is 1. The van der Waals surface area contributed by atoms with Gasteiger partial charge in [0.2, 0.25) is 0 Å². The van der Waals surface area contributed by atoms with Crippen LogP contribution in [0.25, 0.3) is 0 Å². The van der Waals surface area contributed by atoms with E-state index < -0.39 is 5.97 Å². The fourth-order valence-corrected chi connectivity index (χ4v) is 3.46. The van der Waals surface area contributed by atoms with Gasteiger partial charge in [-0.25, -0.2) is 9.78 Å². The number of amides is 1. The Morgan fingerprint density at radius 2 is 1.85 bits per heavy atom. The molecule has 2 heterocycles. The Labute approximate surface area is 161 Å². The summed E-state index contributed by atoms with van der Waals surface area (Å²) in [6.07, 6.45) is 1.57. The molecule has 0 fully saturated rings. The molecule has 0 atom stereocenters. The molecule has 138 valence electrons. The maximum Gasteiger partial charge on any atom is 0.350 e. The number of carbonyl (C=O) groups excluding carboxylic acids is 2. The third kappa shape index (κ3) is 4.38. The van der Waals surface area contributed by atoms with E-state index in [-0.39, 0.29) is 12.5 Å². The van der Waals surface area contributed by atoms with Crippen LogP contribution in [0.3, 0.4) is 0 Å². The van der Waals surface area contributed by atoms with Crippen LogP contribution in [0, 0.1) is 6.92 Å². The zero-order valence-corrected chi connectivity index (χ0v) is 15.9. The molecule has 0 aliphatic rings. The van der Waals surface area contributed by atoms with Crippen LogP contribution in [0.5, 0.6) is 0 Å². The summed E-state index contributed by atoms with van der Waals surface area (Å²) < 4.78 is 5.08. The molecule has 0 saturated heterocycles. The second kappa shape index (κ2) is 8.55. The molecular formula is C20H19N3O3S. The van der Waals surface area contributed by atoms with E-state index in [9.17, 15) is 9.59 Å². The molecule has 0 saturated carbocycles. The summed E-state index contributed by atoms with van der Waals surface area (Å²) in [6.45, 7) is 4.09. The number of nitrogens with zero attached hydrogens (tertiary/aromatic N) is 3. The summed E-state index contributed by atoms with van der Waals surface area (Å²) in [4.78, 5) is 35.8. The largest absolute Gasteiger partial charge is 0.462 e. The van der Waals surface area contributed by atoms with Crippen molar-refractivity contribution < 1.29 is 14.3 Å². The Kier molecular flexibility index (Phi) is 5.93. The van der Waals surface area contributed by atoms with Gasteiger partial charge >= 0.3 is 5.97 Å². The molecular weight excluding hydrogens is 362 g/mol. The first kappa shape index (κ1) is 18.7. The third-order valence-electron chi connectivity index (χ3n) is 3.79. The summed E-state index contributed by atoms with van der Waals surface area (Å²) in [5, 5.41) is 0.440. The summed E-state index contributed by atoms with van der Waals surface area (Å²) >= 11 is 1.15. The number of hydrogen-bond acceptors (Lipinski definition) is 6. The first-order valence-corrected chi connectivity index (χ1v) is 9.33. The molecule has 0 unspecified atom stereocenters. The van der Waals surface area contributed by atoms with Gasteiger partial charge in [0.15, 0.2) is 5.13 Å². The van der Waals surface area contributed by atoms with Crippen LogP contribution in [-0.4, -0.2) is 28.5 Å². The molecule has 27 heavy (non-hydrogen) atoms. The van der Waals surface area contributed by atoms with Crippen molar-refractivity contribution in [2.24, 2.45) is 0 Å². The zero-order valence-electron chi connectivity index (χ0n) is 15.1. The van der Waals surface area contributed by atoms with E-state index in [1.54, 1.807) is 38.2 Å². The summed E-state index contributed by atoms with van der Waals surface area (Å²) in [6, 6.07) is 14.8. The molecule has 2 aromatic heterocycles. The van der Waals surface area contributed by atoms with Crippen molar-refractivity contribution in [1.29, 1.82) is 0 Å². The maximum atomic E-state index is 13.1. The number of aromatic nitrogens is 2. The quantitative estimate of drug-likeness (QED) is 0.606. The smallest absolute Gasteiger partial charge is 0.350 e. The summed E-state index contributed by atoms with van der Waals surface area (Å²) in [7, 11) is 0. The van der Waals surface area contributed by atoms with Crippen LogP contribution in [0.15, 0.2) is 54.7 Å². The van der Waals surface area contributed by atoms with Gasteiger partial charge in [0, 0.05) is 6.20 Å². The summed E-state index contributed by atoms with van der Waals surface area (Å²) in [5.74, 6) is -0.702. The van der Waals surface area contributed by atoms with Gasteiger partial charge in [-0.15, -0.1) is 0 Å². The molecule has 6 nitrogen and oxygen atoms in total. The monoisotopic (exact) mass is 381 g/mol. The minimum absolute atomic E-state index is 0.274. The molecule has 1 aromatic carbocycles. The van der Waals surface area contributed by atoms with Gasteiger partial charge in [-0.2, -0.15) is 0 Å². The van der Waals surface area contributed by atoms with E-state index in [1.165, 1.54) is 4.90 Å². The fraction of sp³-hybridized carbons (Fsp3) is 0.200. The molecule has 3 rings (SSSR count). The van der Waals surface area contributed by atoms with Gasteiger partial charge < -0.3 is 4.74 Å². The number of esters is 1. The van der Waals surface area contributed by atoms with E-state index in [4.69, 9.17) is 4.74 Å². The van der Waals surface area contributed by atoms with Crippen molar-refractivity contribution >= 4 is 28.3 Å². The second-order valence-corrected chi connectivity index (χ2v) is 6.70. The minimum atomic E-state index is -0.427. The molecule has 0 radical (unpaired) electrons. The zero-order chi connectivity index (χ0) is 19.2. The van der Waals surface area contributed by atoms with E-state index >= 15 is 0 Å². The highest BCUT2D eigenvalue weighted by atomic mass is 32.1. The Balaban J connectivity index is 1.98. The van der Waals surface area contributed by atoms with Gasteiger partial charge in [0.05, 0.1) is 18.8 Å². The molecule has 0 aliphatic carbocycles. The number of anilines is 1. The molecule has 0 aliphatic heterocycles. The highest BCUT2D eigenvalue weighted by Crippen LogP contribution is 2.29. The van der Waals surface area contributed by atoms with E-state index in [2.05, 4.69) is 9.97 Å². The van der Waals surface area contributed by atoms with Crippen molar-refractivity contribution in [2.75, 3.05) is 11.5 Å². The molecule has 0 spiro atoms. The van der Waals surface area contributed by atoms with Crippen molar-refractivity contribution in [3.05, 3.63) is 76.6 Å². The molecule has 0 bridgehead atoms. The van der Waals surface area contributed by atoms with Gasteiger partial charge in [-0.05, 0) is 31.5 Å². The Morgan fingerprint density at radius 3 is 2.52 bits per heavy atom. The standard InChI is InChI=1S/C20H19N3O3S/c1-3-26-19(25)17-14(2)22-20(27-17)23(13-15-9-5-4-6-10-15)18(24)16-11-7-8-12-21-16/h4-12H,3,13H2,1-2H3. The average Bonchev–Trinajstić information content (AvgIpc) is 3.09. The number of carbonyl (C=O) groups is 2. The van der Waals surface area contributed by atoms with Gasteiger partial charge in [-0.3, -0.25) is 14.7 Å². The van der Waals surface area contributed by atoms with Crippen LogP contribution in [-0.2, 0) is 11.3 Å². The topological polar surface area (TPSA) is 72.4 Å². The van der Waals surface area contributed by atoms with Crippen LogP contribution in [0.2, 0.25) is 0 Å². The highest BCUT2D eigenvalue weighted by Gasteiger charge is 2.25. The van der Waals surface area contributed by atoms with Gasteiger partial charge in [0.25, 0.3) is 5.91 Å². The van der Waals surface area contributed by atoms with Crippen LogP contribution in [0.1, 0.15) is 38.3 Å². The lowest BCUT2D eigenvalue weighted by atomic mass is 10.2. The molecule has 1 amide bonds. The maximum absolute atomic E-state index is 13.1. The number of benzene rings is 1. The normalized spacial score (nSPS) is 10.4. The predicted octanol–water partition coefficient (Wildman–Crippen LogP) is 3.87. The van der Waals surface area contributed by atoms with Gasteiger partial charge in [0.1, 0.15) is 10.6 Å². The van der Waals surface area contributed by atoms with E-state index in [0.717, 1.165) is 16.9 Å². The Hall–Kier alpha value is -3.06.